The SMILES string of the molecule is CC1CC=CC2CC=CC12. The van der Waals surface area contributed by atoms with E-state index in [1.54, 1.807) is 0 Å². The van der Waals surface area contributed by atoms with Gasteiger partial charge in [0.1, 0.15) is 0 Å². The Labute approximate surface area is 62.6 Å². The third-order valence-electron chi connectivity index (χ3n) is 2.81. The molecule has 10 heavy (non-hydrogen) atoms. The Kier molecular flexibility index (Phi) is 1.40. The lowest BCUT2D eigenvalue weighted by molar-refractivity contribution is 0.346. The zero-order valence-electron chi connectivity index (χ0n) is 6.46. The van der Waals surface area contributed by atoms with Gasteiger partial charge in [0.05, 0.1) is 0 Å². The van der Waals surface area contributed by atoms with Crippen molar-refractivity contribution in [2.24, 2.45) is 17.8 Å². The van der Waals surface area contributed by atoms with Crippen LogP contribution >= 0.6 is 0 Å². The van der Waals surface area contributed by atoms with Gasteiger partial charge in [0.25, 0.3) is 0 Å². The largest absolute Gasteiger partial charge is 0.0879 e. The first-order chi connectivity index (χ1) is 4.88. The smallest absolute Gasteiger partial charge is 0.0133 e. The Bertz CT molecular complexity index is 176. The fourth-order valence-corrected chi connectivity index (χ4v) is 2.14. The Hall–Kier alpha value is -0.520. The molecule has 0 saturated carbocycles. The Balaban J connectivity index is 2.20. The van der Waals surface area contributed by atoms with Gasteiger partial charge in [-0.25, -0.2) is 0 Å². The summed E-state index contributed by atoms with van der Waals surface area (Å²) in [5.74, 6) is 2.60. The Morgan fingerprint density at radius 2 is 1.90 bits per heavy atom. The van der Waals surface area contributed by atoms with Crippen molar-refractivity contribution in [2.45, 2.75) is 19.8 Å². The van der Waals surface area contributed by atoms with Crippen LogP contribution < -0.4 is 0 Å². The summed E-state index contributed by atoms with van der Waals surface area (Å²) >= 11 is 0. The van der Waals surface area contributed by atoms with Crippen molar-refractivity contribution in [1.82, 2.24) is 0 Å². The predicted octanol–water partition coefficient (Wildman–Crippen LogP) is 2.77. The average molecular weight is 134 g/mol. The summed E-state index contributed by atoms with van der Waals surface area (Å²) in [6, 6.07) is 0. The molecule has 0 radical (unpaired) electrons. The first-order valence-corrected chi connectivity index (χ1v) is 4.21. The van der Waals surface area contributed by atoms with Crippen LogP contribution in [0.5, 0.6) is 0 Å². The van der Waals surface area contributed by atoms with Gasteiger partial charge in [-0.15, -0.1) is 0 Å². The quantitative estimate of drug-likeness (QED) is 0.447. The molecule has 2 aliphatic rings. The van der Waals surface area contributed by atoms with E-state index in [0.29, 0.717) is 0 Å². The first kappa shape index (κ1) is 6.21. The highest BCUT2D eigenvalue weighted by molar-refractivity contribution is 5.13. The van der Waals surface area contributed by atoms with E-state index in [-0.39, 0.29) is 0 Å². The van der Waals surface area contributed by atoms with E-state index in [9.17, 15) is 0 Å². The number of fused-ring (bicyclic) bond motifs is 1. The average Bonchev–Trinajstić information content (AvgIpc) is 2.36. The third-order valence-corrected chi connectivity index (χ3v) is 2.81. The van der Waals surface area contributed by atoms with Crippen molar-refractivity contribution in [3.8, 4) is 0 Å². The molecule has 0 bridgehead atoms. The summed E-state index contributed by atoms with van der Waals surface area (Å²) in [6.07, 6.45) is 12.0. The van der Waals surface area contributed by atoms with E-state index in [1.165, 1.54) is 12.8 Å². The maximum atomic E-state index is 2.40. The molecule has 3 unspecified atom stereocenters. The van der Waals surface area contributed by atoms with Gasteiger partial charge < -0.3 is 0 Å². The highest BCUT2D eigenvalue weighted by Gasteiger charge is 2.27. The van der Waals surface area contributed by atoms with E-state index >= 15 is 0 Å². The highest BCUT2D eigenvalue weighted by Crippen LogP contribution is 2.37. The van der Waals surface area contributed by atoms with Crippen LogP contribution in [0, 0.1) is 17.8 Å². The monoisotopic (exact) mass is 134 g/mol. The van der Waals surface area contributed by atoms with Gasteiger partial charge in [-0.2, -0.15) is 0 Å². The second-order valence-electron chi connectivity index (χ2n) is 3.55. The van der Waals surface area contributed by atoms with Gasteiger partial charge in [-0.1, -0.05) is 31.2 Å². The van der Waals surface area contributed by atoms with Gasteiger partial charge in [0.15, 0.2) is 0 Å². The van der Waals surface area contributed by atoms with E-state index in [4.69, 9.17) is 0 Å². The van der Waals surface area contributed by atoms with E-state index in [1.807, 2.05) is 0 Å². The third kappa shape index (κ3) is 0.828. The van der Waals surface area contributed by atoms with Crippen molar-refractivity contribution in [1.29, 1.82) is 0 Å². The van der Waals surface area contributed by atoms with Crippen LogP contribution in [-0.4, -0.2) is 0 Å². The van der Waals surface area contributed by atoms with Gasteiger partial charge in [-0.05, 0) is 30.6 Å². The lowest BCUT2D eigenvalue weighted by Crippen LogP contribution is -2.17. The maximum Gasteiger partial charge on any atom is -0.0133 e. The van der Waals surface area contributed by atoms with Gasteiger partial charge in [0, 0.05) is 0 Å². The molecule has 0 aromatic carbocycles. The Morgan fingerprint density at radius 3 is 2.70 bits per heavy atom. The first-order valence-electron chi connectivity index (χ1n) is 4.21. The standard InChI is InChI=1S/C10H14/c1-8-4-2-5-9-6-3-7-10(8)9/h2-3,5,7-10H,4,6H2,1H3. The molecule has 2 rings (SSSR count). The van der Waals surface area contributed by atoms with Crippen LogP contribution in [0.3, 0.4) is 0 Å². The molecule has 0 aromatic heterocycles. The minimum absolute atomic E-state index is 0.851. The summed E-state index contributed by atoms with van der Waals surface area (Å²) in [6.45, 7) is 2.36. The molecule has 0 fully saturated rings. The molecule has 3 atom stereocenters. The van der Waals surface area contributed by atoms with E-state index < -0.39 is 0 Å². The normalized spacial score (nSPS) is 43.9. The van der Waals surface area contributed by atoms with Crippen molar-refractivity contribution >= 4 is 0 Å². The number of hydrogen-bond acceptors (Lipinski definition) is 0. The second-order valence-corrected chi connectivity index (χ2v) is 3.55. The molecule has 0 heterocycles. The van der Waals surface area contributed by atoms with Crippen LogP contribution in [0.4, 0.5) is 0 Å². The fourth-order valence-electron chi connectivity index (χ4n) is 2.14. The second kappa shape index (κ2) is 2.26. The molecular weight excluding hydrogens is 120 g/mol. The van der Waals surface area contributed by atoms with Crippen LogP contribution in [0.15, 0.2) is 24.3 Å². The molecule has 0 spiro atoms. The molecular formula is C10H14. The van der Waals surface area contributed by atoms with Crippen molar-refractivity contribution in [3.05, 3.63) is 24.3 Å². The van der Waals surface area contributed by atoms with E-state index in [2.05, 4.69) is 31.2 Å². The lowest BCUT2D eigenvalue weighted by atomic mass is 9.79. The van der Waals surface area contributed by atoms with Crippen LogP contribution in [-0.2, 0) is 0 Å². The molecule has 2 aliphatic carbocycles. The molecule has 0 nitrogen and oxygen atoms in total. The fraction of sp³-hybridized carbons (Fsp3) is 0.600. The van der Waals surface area contributed by atoms with Crippen molar-refractivity contribution < 1.29 is 0 Å². The number of hydrogen-bond donors (Lipinski definition) is 0. The minimum Gasteiger partial charge on any atom is -0.0879 e. The van der Waals surface area contributed by atoms with Crippen LogP contribution in [0.2, 0.25) is 0 Å². The van der Waals surface area contributed by atoms with Gasteiger partial charge >= 0.3 is 0 Å². The van der Waals surface area contributed by atoms with E-state index in [0.717, 1.165) is 17.8 Å². The summed E-state index contributed by atoms with van der Waals surface area (Å²) in [4.78, 5) is 0. The topological polar surface area (TPSA) is 0 Å². The molecule has 0 aliphatic heterocycles. The minimum atomic E-state index is 0.851. The summed E-state index contributed by atoms with van der Waals surface area (Å²) in [5.41, 5.74) is 0. The summed E-state index contributed by atoms with van der Waals surface area (Å²) in [7, 11) is 0. The maximum absolute atomic E-state index is 2.40. The predicted molar refractivity (Wildman–Crippen MR) is 43.7 cm³/mol. The zero-order chi connectivity index (χ0) is 6.97. The number of allylic oxidation sites excluding steroid dienone is 4. The van der Waals surface area contributed by atoms with Gasteiger partial charge in [0.2, 0.25) is 0 Å². The summed E-state index contributed by atoms with van der Waals surface area (Å²) < 4.78 is 0. The lowest BCUT2D eigenvalue weighted by Gasteiger charge is -2.26. The molecule has 0 heteroatoms. The molecule has 0 N–H and O–H groups in total. The summed E-state index contributed by atoms with van der Waals surface area (Å²) in [5, 5.41) is 0. The number of rotatable bonds is 0. The van der Waals surface area contributed by atoms with Gasteiger partial charge in [-0.3, -0.25) is 0 Å². The zero-order valence-corrected chi connectivity index (χ0v) is 6.46. The molecule has 0 saturated heterocycles. The van der Waals surface area contributed by atoms with Crippen LogP contribution in [0.1, 0.15) is 19.8 Å². The molecule has 0 aromatic rings. The van der Waals surface area contributed by atoms with Crippen LogP contribution in [0.25, 0.3) is 0 Å². The Morgan fingerprint density at radius 1 is 1.10 bits per heavy atom. The highest BCUT2D eigenvalue weighted by atomic mass is 14.3. The molecule has 0 amide bonds. The molecule has 54 valence electrons. The van der Waals surface area contributed by atoms with Crippen molar-refractivity contribution in [2.75, 3.05) is 0 Å². The van der Waals surface area contributed by atoms with Crippen molar-refractivity contribution in [3.63, 3.8) is 0 Å².